The highest BCUT2D eigenvalue weighted by Gasteiger charge is 2.25. The molecule has 23 heavy (non-hydrogen) atoms. The highest BCUT2D eigenvalue weighted by atomic mass is 16.5. The van der Waals surface area contributed by atoms with Crippen molar-refractivity contribution in [1.82, 2.24) is 9.47 Å². The molecule has 122 valence electrons. The Balaban J connectivity index is 1.58. The number of nitrogens with zero attached hydrogens (tertiary/aromatic N) is 2. The van der Waals surface area contributed by atoms with Crippen molar-refractivity contribution in [3.05, 3.63) is 53.9 Å². The fraction of sp³-hybridized carbons (Fsp3) is 0.421. The maximum atomic E-state index is 12.5. The van der Waals surface area contributed by atoms with Crippen molar-refractivity contribution in [2.24, 2.45) is 13.0 Å². The van der Waals surface area contributed by atoms with Crippen LogP contribution in [0, 0.1) is 5.92 Å². The van der Waals surface area contributed by atoms with Crippen LogP contribution >= 0.6 is 0 Å². The molecule has 1 aromatic heterocycles. The number of methoxy groups -OCH3 is 1. The summed E-state index contributed by atoms with van der Waals surface area (Å²) >= 11 is 0. The molecule has 0 atom stereocenters. The van der Waals surface area contributed by atoms with Gasteiger partial charge in [-0.15, -0.1) is 0 Å². The van der Waals surface area contributed by atoms with E-state index in [2.05, 4.69) is 12.1 Å². The predicted molar refractivity (Wildman–Crippen MR) is 90.7 cm³/mol. The molecule has 1 aromatic carbocycles. The summed E-state index contributed by atoms with van der Waals surface area (Å²) in [7, 11) is 3.64. The molecule has 2 aromatic rings. The molecule has 4 nitrogen and oxygen atoms in total. The van der Waals surface area contributed by atoms with Gasteiger partial charge in [0.1, 0.15) is 11.4 Å². The number of aryl methyl sites for hydroxylation is 1. The standard InChI is InChI=1S/C19H24N2O2/c1-20-11-5-7-17(20)19(22)21-12-9-15(10-13-21)14-16-6-3-4-8-18(16)23-2/h3-8,11,15H,9-10,12-14H2,1-2H3. The van der Waals surface area contributed by atoms with Gasteiger partial charge < -0.3 is 14.2 Å². The van der Waals surface area contributed by atoms with Crippen LogP contribution in [0.4, 0.5) is 0 Å². The molecule has 2 heterocycles. The molecule has 0 radical (unpaired) electrons. The van der Waals surface area contributed by atoms with Crippen molar-refractivity contribution in [2.75, 3.05) is 20.2 Å². The molecule has 3 rings (SSSR count). The van der Waals surface area contributed by atoms with Crippen molar-refractivity contribution < 1.29 is 9.53 Å². The Hall–Kier alpha value is -2.23. The molecule has 4 heteroatoms. The highest BCUT2D eigenvalue weighted by molar-refractivity contribution is 5.92. The first-order chi connectivity index (χ1) is 11.2. The van der Waals surface area contributed by atoms with Crippen molar-refractivity contribution >= 4 is 5.91 Å². The van der Waals surface area contributed by atoms with E-state index in [9.17, 15) is 4.79 Å². The van der Waals surface area contributed by atoms with Gasteiger partial charge in [-0.25, -0.2) is 0 Å². The Kier molecular flexibility index (Phi) is 4.70. The van der Waals surface area contributed by atoms with Gasteiger partial charge in [-0.3, -0.25) is 4.79 Å². The summed E-state index contributed by atoms with van der Waals surface area (Å²) < 4.78 is 7.33. The van der Waals surface area contributed by atoms with Gasteiger partial charge in [0.05, 0.1) is 7.11 Å². The minimum Gasteiger partial charge on any atom is -0.496 e. The quantitative estimate of drug-likeness (QED) is 0.869. The lowest BCUT2D eigenvalue weighted by atomic mass is 9.89. The van der Waals surface area contributed by atoms with Crippen LogP contribution in [0.15, 0.2) is 42.6 Å². The van der Waals surface area contributed by atoms with Gasteiger partial charge in [-0.05, 0) is 48.9 Å². The third kappa shape index (κ3) is 3.41. The topological polar surface area (TPSA) is 34.5 Å². The lowest BCUT2D eigenvalue weighted by Gasteiger charge is -2.32. The zero-order valence-electron chi connectivity index (χ0n) is 13.9. The average molecular weight is 312 g/mol. The van der Waals surface area contributed by atoms with Crippen molar-refractivity contribution in [3.63, 3.8) is 0 Å². The number of carbonyl (C=O) groups is 1. The summed E-state index contributed by atoms with van der Waals surface area (Å²) in [5.41, 5.74) is 2.04. The molecule has 0 N–H and O–H groups in total. The summed E-state index contributed by atoms with van der Waals surface area (Å²) in [5.74, 6) is 1.73. The van der Waals surface area contributed by atoms with Crippen LogP contribution in [0.3, 0.4) is 0 Å². The molecule has 0 spiro atoms. The maximum absolute atomic E-state index is 12.5. The fourth-order valence-electron chi connectivity index (χ4n) is 3.37. The molecule has 0 bridgehead atoms. The number of hydrogen-bond acceptors (Lipinski definition) is 2. The summed E-state index contributed by atoms with van der Waals surface area (Å²) in [6.45, 7) is 1.67. The molecule has 1 aliphatic rings. The van der Waals surface area contributed by atoms with Crippen LogP contribution < -0.4 is 4.74 Å². The molecular formula is C19H24N2O2. The van der Waals surface area contributed by atoms with E-state index in [-0.39, 0.29) is 5.91 Å². The first-order valence-corrected chi connectivity index (χ1v) is 8.21. The molecule has 0 unspecified atom stereocenters. The first-order valence-electron chi connectivity index (χ1n) is 8.21. The number of carbonyl (C=O) groups excluding carboxylic acids is 1. The van der Waals surface area contributed by atoms with Crippen LogP contribution in [-0.2, 0) is 13.5 Å². The molecule has 0 saturated carbocycles. The van der Waals surface area contributed by atoms with Gasteiger partial charge in [0, 0.05) is 26.3 Å². The van der Waals surface area contributed by atoms with E-state index in [1.807, 2.05) is 47.0 Å². The van der Waals surface area contributed by atoms with Crippen LogP contribution in [-0.4, -0.2) is 35.6 Å². The molecule has 1 amide bonds. The van der Waals surface area contributed by atoms with Crippen LogP contribution in [0.2, 0.25) is 0 Å². The van der Waals surface area contributed by atoms with Crippen LogP contribution in [0.1, 0.15) is 28.9 Å². The number of para-hydroxylation sites is 1. The van der Waals surface area contributed by atoms with Gasteiger partial charge in [0.2, 0.25) is 0 Å². The number of piperidine rings is 1. The van der Waals surface area contributed by atoms with E-state index in [0.29, 0.717) is 5.92 Å². The van der Waals surface area contributed by atoms with E-state index in [4.69, 9.17) is 4.74 Å². The Morgan fingerprint density at radius 1 is 1.17 bits per heavy atom. The van der Waals surface area contributed by atoms with Gasteiger partial charge in [0.15, 0.2) is 0 Å². The van der Waals surface area contributed by atoms with E-state index >= 15 is 0 Å². The summed E-state index contributed by atoms with van der Waals surface area (Å²) in [5, 5.41) is 0. The second-order valence-corrected chi connectivity index (χ2v) is 6.26. The van der Waals surface area contributed by atoms with E-state index < -0.39 is 0 Å². The SMILES string of the molecule is COc1ccccc1CC1CCN(C(=O)c2cccn2C)CC1. The molecule has 1 aliphatic heterocycles. The molecule has 0 aliphatic carbocycles. The number of amides is 1. The van der Waals surface area contributed by atoms with Gasteiger partial charge in [-0.2, -0.15) is 0 Å². The second kappa shape index (κ2) is 6.90. The van der Waals surface area contributed by atoms with Gasteiger partial charge in [0.25, 0.3) is 5.91 Å². The zero-order valence-corrected chi connectivity index (χ0v) is 13.9. The lowest BCUT2D eigenvalue weighted by Crippen LogP contribution is -2.39. The second-order valence-electron chi connectivity index (χ2n) is 6.26. The van der Waals surface area contributed by atoms with Crippen molar-refractivity contribution in [1.29, 1.82) is 0 Å². The van der Waals surface area contributed by atoms with Crippen LogP contribution in [0.25, 0.3) is 0 Å². The highest BCUT2D eigenvalue weighted by Crippen LogP contribution is 2.27. The van der Waals surface area contributed by atoms with E-state index in [0.717, 1.165) is 43.8 Å². The number of likely N-dealkylation sites (tertiary alicyclic amines) is 1. The minimum atomic E-state index is 0.147. The van der Waals surface area contributed by atoms with Crippen molar-refractivity contribution in [2.45, 2.75) is 19.3 Å². The largest absolute Gasteiger partial charge is 0.496 e. The minimum absolute atomic E-state index is 0.147. The lowest BCUT2D eigenvalue weighted by molar-refractivity contribution is 0.0680. The Morgan fingerprint density at radius 2 is 1.91 bits per heavy atom. The Labute approximate surface area is 137 Å². The van der Waals surface area contributed by atoms with E-state index in [1.165, 1.54) is 5.56 Å². The number of benzene rings is 1. The van der Waals surface area contributed by atoms with Gasteiger partial charge in [-0.1, -0.05) is 18.2 Å². The Morgan fingerprint density at radius 3 is 2.57 bits per heavy atom. The fourth-order valence-corrected chi connectivity index (χ4v) is 3.37. The maximum Gasteiger partial charge on any atom is 0.270 e. The van der Waals surface area contributed by atoms with Crippen LogP contribution in [0.5, 0.6) is 5.75 Å². The predicted octanol–water partition coefficient (Wildman–Crippen LogP) is 3.13. The van der Waals surface area contributed by atoms with Crippen molar-refractivity contribution in [3.8, 4) is 5.75 Å². The average Bonchev–Trinajstić information content (AvgIpc) is 3.01. The first kappa shape index (κ1) is 15.7. The zero-order chi connectivity index (χ0) is 16.2. The number of aromatic nitrogens is 1. The third-order valence-corrected chi connectivity index (χ3v) is 4.77. The normalized spacial score (nSPS) is 15.7. The monoisotopic (exact) mass is 312 g/mol. The summed E-state index contributed by atoms with van der Waals surface area (Å²) in [6, 6.07) is 12.0. The number of hydrogen-bond donors (Lipinski definition) is 0. The molecular weight excluding hydrogens is 288 g/mol. The van der Waals surface area contributed by atoms with Gasteiger partial charge >= 0.3 is 0 Å². The third-order valence-electron chi connectivity index (χ3n) is 4.77. The smallest absolute Gasteiger partial charge is 0.270 e. The van der Waals surface area contributed by atoms with E-state index in [1.54, 1.807) is 7.11 Å². The Bertz CT molecular complexity index is 670. The number of rotatable bonds is 4. The summed E-state index contributed by atoms with van der Waals surface area (Å²) in [4.78, 5) is 14.5. The molecule has 1 fully saturated rings. The number of ether oxygens (including phenoxy) is 1. The molecule has 1 saturated heterocycles. The summed E-state index contributed by atoms with van der Waals surface area (Å²) in [6.07, 6.45) is 5.04.